The van der Waals surface area contributed by atoms with Crippen molar-refractivity contribution in [1.29, 1.82) is 0 Å². The van der Waals surface area contributed by atoms with Crippen LogP contribution in [0.15, 0.2) is 36.7 Å². The minimum Gasteiger partial charge on any atom is -0.354 e. The van der Waals surface area contributed by atoms with Gasteiger partial charge < -0.3 is 10.6 Å². The van der Waals surface area contributed by atoms with Crippen LogP contribution in [0.3, 0.4) is 0 Å². The summed E-state index contributed by atoms with van der Waals surface area (Å²) in [6.45, 7) is 4.79. The van der Waals surface area contributed by atoms with E-state index in [4.69, 9.17) is 11.6 Å². The van der Waals surface area contributed by atoms with Gasteiger partial charge in [-0.05, 0) is 37.1 Å². The number of carbonyl (C=O) groups is 1. The van der Waals surface area contributed by atoms with Gasteiger partial charge in [0.1, 0.15) is 0 Å². The first-order valence-corrected chi connectivity index (χ1v) is 8.24. The fraction of sp³-hybridized carbons (Fsp3) is 0.333. The van der Waals surface area contributed by atoms with Crippen molar-refractivity contribution in [2.75, 3.05) is 11.9 Å². The Morgan fingerprint density at radius 3 is 2.74 bits per heavy atom. The van der Waals surface area contributed by atoms with Crippen LogP contribution in [-0.4, -0.2) is 17.4 Å². The van der Waals surface area contributed by atoms with Gasteiger partial charge in [-0.2, -0.15) is 0 Å². The van der Waals surface area contributed by atoms with E-state index >= 15 is 0 Å². The number of hydrogen-bond acceptors (Lipinski definition) is 3. The first-order chi connectivity index (χ1) is 11.1. The Morgan fingerprint density at radius 2 is 2.00 bits per heavy atom. The molecule has 0 aliphatic carbocycles. The van der Waals surface area contributed by atoms with E-state index in [1.54, 1.807) is 18.5 Å². The van der Waals surface area contributed by atoms with E-state index in [0.717, 1.165) is 36.2 Å². The highest BCUT2D eigenvalue weighted by atomic mass is 35.5. The lowest BCUT2D eigenvalue weighted by Crippen LogP contribution is -2.24. The standard InChI is InChI=1S/C18H22ClN3O/c1-3-4-5-8-21-18(23)14-9-16(12-20-11-14)22-15-7-6-13(2)17(19)10-15/h6-7,9-12,22H,3-5,8H2,1-2H3,(H,21,23). The molecule has 1 heterocycles. The van der Waals surface area contributed by atoms with Crippen LogP contribution in [0.5, 0.6) is 0 Å². The van der Waals surface area contributed by atoms with Gasteiger partial charge in [0.25, 0.3) is 5.91 Å². The molecule has 2 aromatic rings. The minimum atomic E-state index is -0.0980. The molecule has 0 radical (unpaired) electrons. The van der Waals surface area contributed by atoms with Crippen molar-refractivity contribution in [3.05, 3.63) is 52.8 Å². The molecular formula is C18H22ClN3O. The van der Waals surface area contributed by atoms with E-state index in [9.17, 15) is 4.79 Å². The summed E-state index contributed by atoms with van der Waals surface area (Å²) in [7, 11) is 0. The van der Waals surface area contributed by atoms with Crippen LogP contribution in [0.4, 0.5) is 11.4 Å². The lowest BCUT2D eigenvalue weighted by Gasteiger charge is -2.09. The van der Waals surface area contributed by atoms with Crippen molar-refractivity contribution in [2.24, 2.45) is 0 Å². The van der Waals surface area contributed by atoms with Crippen molar-refractivity contribution < 1.29 is 4.79 Å². The highest BCUT2D eigenvalue weighted by Crippen LogP contribution is 2.23. The van der Waals surface area contributed by atoms with Crippen molar-refractivity contribution in [2.45, 2.75) is 33.1 Å². The molecule has 2 N–H and O–H groups in total. The molecule has 23 heavy (non-hydrogen) atoms. The Kier molecular flexibility index (Phi) is 6.41. The number of anilines is 2. The second-order valence-electron chi connectivity index (χ2n) is 5.51. The zero-order valence-corrected chi connectivity index (χ0v) is 14.3. The number of amides is 1. The molecule has 0 atom stereocenters. The fourth-order valence-corrected chi connectivity index (χ4v) is 2.33. The molecule has 0 saturated carbocycles. The van der Waals surface area contributed by atoms with Crippen LogP contribution < -0.4 is 10.6 Å². The molecular weight excluding hydrogens is 310 g/mol. The first kappa shape index (κ1) is 17.3. The summed E-state index contributed by atoms with van der Waals surface area (Å²) >= 11 is 6.12. The van der Waals surface area contributed by atoms with Crippen LogP contribution in [0.25, 0.3) is 0 Å². The molecule has 0 saturated heterocycles. The minimum absolute atomic E-state index is 0.0980. The third-order valence-electron chi connectivity index (χ3n) is 3.53. The zero-order valence-electron chi connectivity index (χ0n) is 13.5. The van der Waals surface area contributed by atoms with E-state index < -0.39 is 0 Å². The fourth-order valence-electron chi connectivity index (χ4n) is 2.15. The van der Waals surface area contributed by atoms with E-state index in [1.165, 1.54) is 0 Å². The maximum absolute atomic E-state index is 12.1. The molecule has 2 rings (SSSR count). The number of benzene rings is 1. The maximum Gasteiger partial charge on any atom is 0.252 e. The van der Waals surface area contributed by atoms with Crippen molar-refractivity contribution in [3.63, 3.8) is 0 Å². The number of aryl methyl sites for hydroxylation is 1. The Bertz CT molecular complexity index is 673. The highest BCUT2D eigenvalue weighted by molar-refractivity contribution is 6.31. The van der Waals surface area contributed by atoms with Crippen LogP contribution in [0.2, 0.25) is 5.02 Å². The normalized spacial score (nSPS) is 10.4. The molecule has 5 heteroatoms. The Balaban J connectivity index is 2.01. The Hall–Kier alpha value is -2.07. The monoisotopic (exact) mass is 331 g/mol. The summed E-state index contributed by atoms with van der Waals surface area (Å²) in [5.41, 5.74) is 3.19. The van der Waals surface area contributed by atoms with Crippen molar-refractivity contribution in [1.82, 2.24) is 10.3 Å². The Labute approximate surface area is 142 Å². The van der Waals surface area contributed by atoms with E-state index in [1.807, 2.05) is 25.1 Å². The molecule has 0 bridgehead atoms. The molecule has 1 aromatic heterocycles. The van der Waals surface area contributed by atoms with Gasteiger partial charge >= 0.3 is 0 Å². The predicted octanol–water partition coefficient (Wildman–Crippen LogP) is 4.71. The summed E-state index contributed by atoms with van der Waals surface area (Å²) in [6.07, 6.45) is 6.50. The third-order valence-corrected chi connectivity index (χ3v) is 3.93. The number of nitrogens with one attached hydrogen (secondary N) is 2. The quantitative estimate of drug-likeness (QED) is 0.722. The molecule has 0 aliphatic heterocycles. The van der Waals surface area contributed by atoms with E-state index in [0.29, 0.717) is 17.1 Å². The van der Waals surface area contributed by atoms with Gasteiger partial charge in [-0.15, -0.1) is 0 Å². The number of carbonyl (C=O) groups excluding carboxylic acids is 1. The summed E-state index contributed by atoms with van der Waals surface area (Å²) in [5, 5.41) is 6.83. The molecule has 1 aromatic carbocycles. The van der Waals surface area contributed by atoms with Gasteiger partial charge in [-0.1, -0.05) is 37.4 Å². The number of aromatic nitrogens is 1. The van der Waals surface area contributed by atoms with Crippen LogP contribution in [-0.2, 0) is 0 Å². The van der Waals surface area contributed by atoms with Crippen LogP contribution in [0.1, 0.15) is 42.1 Å². The predicted molar refractivity (Wildman–Crippen MR) is 95.6 cm³/mol. The number of pyridine rings is 1. The molecule has 4 nitrogen and oxygen atoms in total. The van der Waals surface area contributed by atoms with E-state index in [2.05, 4.69) is 22.5 Å². The van der Waals surface area contributed by atoms with Crippen LogP contribution in [0, 0.1) is 6.92 Å². The molecule has 0 aliphatic rings. The molecule has 0 spiro atoms. The SMILES string of the molecule is CCCCCNC(=O)c1cncc(Nc2ccc(C)c(Cl)c2)c1. The molecule has 1 amide bonds. The number of hydrogen-bond donors (Lipinski definition) is 2. The lowest BCUT2D eigenvalue weighted by atomic mass is 10.2. The number of unbranched alkanes of at least 4 members (excludes halogenated alkanes) is 2. The summed E-state index contributed by atoms with van der Waals surface area (Å²) in [4.78, 5) is 16.2. The zero-order chi connectivity index (χ0) is 16.7. The molecule has 122 valence electrons. The van der Waals surface area contributed by atoms with Gasteiger partial charge in [-0.25, -0.2) is 0 Å². The largest absolute Gasteiger partial charge is 0.354 e. The van der Waals surface area contributed by atoms with Gasteiger partial charge in [0, 0.05) is 23.5 Å². The lowest BCUT2D eigenvalue weighted by molar-refractivity contribution is 0.0952. The van der Waals surface area contributed by atoms with Gasteiger partial charge in [0.05, 0.1) is 17.4 Å². The highest BCUT2D eigenvalue weighted by Gasteiger charge is 2.07. The van der Waals surface area contributed by atoms with E-state index in [-0.39, 0.29) is 5.91 Å². The summed E-state index contributed by atoms with van der Waals surface area (Å²) < 4.78 is 0. The smallest absolute Gasteiger partial charge is 0.252 e. The van der Waals surface area contributed by atoms with Crippen LogP contribution >= 0.6 is 11.6 Å². The number of rotatable bonds is 7. The second-order valence-corrected chi connectivity index (χ2v) is 5.92. The van der Waals surface area contributed by atoms with Gasteiger partial charge in [0.2, 0.25) is 0 Å². The number of nitrogens with zero attached hydrogens (tertiary/aromatic N) is 1. The molecule has 0 unspecified atom stereocenters. The average Bonchev–Trinajstić information content (AvgIpc) is 2.55. The maximum atomic E-state index is 12.1. The van der Waals surface area contributed by atoms with Gasteiger partial charge in [-0.3, -0.25) is 9.78 Å². The second kappa shape index (κ2) is 8.53. The number of halogens is 1. The van der Waals surface area contributed by atoms with Crippen molar-refractivity contribution in [3.8, 4) is 0 Å². The average molecular weight is 332 g/mol. The summed E-state index contributed by atoms with van der Waals surface area (Å²) in [5.74, 6) is -0.0980. The third kappa shape index (κ3) is 5.25. The molecule has 0 fully saturated rings. The summed E-state index contributed by atoms with van der Waals surface area (Å²) in [6, 6.07) is 7.53. The van der Waals surface area contributed by atoms with Gasteiger partial charge in [0.15, 0.2) is 0 Å². The van der Waals surface area contributed by atoms with Crippen molar-refractivity contribution >= 4 is 28.9 Å². The topological polar surface area (TPSA) is 54.0 Å². The first-order valence-electron chi connectivity index (χ1n) is 7.86. The Morgan fingerprint density at radius 1 is 1.17 bits per heavy atom.